The van der Waals surface area contributed by atoms with E-state index in [2.05, 4.69) is 31.2 Å². The van der Waals surface area contributed by atoms with Crippen molar-refractivity contribution < 1.29 is 4.79 Å². The molecular formula is C14H18BrClN4O. The molecule has 0 radical (unpaired) electrons. The van der Waals surface area contributed by atoms with Crippen molar-refractivity contribution in [3.05, 3.63) is 22.6 Å². The lowest BCUT2D eigenvalue weighted by Crippen LogP contribution is -2.32. The first-order valence-corrected chi connectivity index (χ1v) is 8.23. The van der Waals surface area contributed by atoms with Crippen molar-refractivity contribution in [2.75, 3.05) is 0 Å². The van der Waals surface area contributed by atoms with Crippen molar-refractivity contribution in [2.45, 2.75) is 45.2 Å². The maximum absolute atomic E-state index is 11.9. The highest BCUT2D eigenvalue weighted by atomic mass is 79.9. The van der Waals surface area contributed by atoms with Gasteiger partial charge < -0.3 is 9.88 Å². The minimum atomic E-state index is 0.0313. The molecule has 0 saturated carbocycles. The van der Waals surface area contributed by atoms with Crippen LogP contribution in [-0.4, -0.2) is 26.5 Å². The van der Waals surface area contributed by atoms with Gasteiger partial charge >= 0.3 is 0 Å². The van der Waals surface area contributed by atoms with Gasteiger partial charge in [-0.3, -0.25) is 4.79 Å². The van der Waals surface area contributed by atoms with Crippen molar-refractivity contribution in [1.29, 1.82) is 0 Å². The van der Waals surface area contributed by atoms with Crippen molar-refractivity contribution >= 4 is 44.6 Å². The molecule has 2 aromatic rings. The largest absolute Gasteiger partial charge is 0.354 e. The minimum Gasteiger partial charge on any atom is -0.354 e. The molecule has 1 atom stereocenters. The average Bonchev–Trinajstić information content (AvgIpc) is 2.81. The molecule has 0 spiro atoms. The number of aryl methyl sites for hydroxylation is 1. The fraction of sp³-hybridized carbons (Fsp3) is 0.500. The Balaban J connectivity index is 2.15. The van der Waals surface area contributed by atoms with Gasteiger partial charge in [0, 0.05) is 29.7 Å². The van der Waals surface area contributed by atoms with Gasteiger partial charge in [0.05, 0.1) is 5.88 Å². The highest BCUT2D eigenvalue weighted by molar-refractivity contribution is 9.10. The summed E-state index contributed by atoms with van der Waals surface area (Å²) in [5, 5.41) is 2.95. The molecule has 5 nitrogen and oxygen atoms in total. The first-order chi connectivity index (χ1) is 10.0. The summed E-state index contributed by atoms with van der Waals surface area (Å²) in [5.74, 6) is 1.05. The van der Waals surface area contributed by atoms with Crippen molar-refractivity contribution in [2.24, 2.45) is 0 Å². The molecule has 114 valence electrons. The summed E-state index contributed by atoms with van der Waals surface area (Å²) in [5.41, 5.74) is 1.53. The Morgan fingerprint density at radius 2 is 2.33 bits per heavy atom. The van der Waals surface area contributed by atoms with Crippen LogP contribution in [0.3, 0.4) is 0 Å². The van der Waals surface area contributed by atoms with Gasteiger partial charge in [0.1, 0.15) is 11.3 Å². The third kappa shape index (κ3) is 3.95. The number of nitrogens with one attached hydrogen (secondary N) is 1. The lowest BCUT2D eigenvalue weighted by Gasteiger charge is -2.12. The molecule has 0 fully saturated rings. The van der Waals surface area contributed by atoms with E-state index in [9.17, 15) is 4.79 Å². The van der Waals surface area contributed by atoms with Crippen LogP contribution in [-0.2, 0) is 17.2 Å². The van der Waals surface area contributed by atoms with Crippen LogP contribution in [0, 0.1) is 0 Å². The third-order valence-electron chi connectivity index (χ3n) is 3.33. The summed E-state index contributed by atoms with van der Waals surface area (Å²) in [7, 11) is 0. The SMILES string of the molecule is CCC(C)NC(=O)CCn1c(CCl)nc2cc(Br)cnc21. The van der Waals surface area contributed by atoms with Crippen LogP contribution in [0.15, 0.2) is 16.7 Å². The zero-order chi connectivity index (χ0) is 15.4. The summed E-state index contributed by atoms with van der Waals surface area (Å²) in [6.07, 6.45) is 3.03. The normalized spacial score (nSPS) is 12.6. The quantitative estimate of drug-likeness (QED) is 0.791. The standard InChI is InChI=1S/C14H18BrClN4O/c1-3-9(2)18-13(21)4-5-20-12(7-16)19-11-6-10(15)8-17-14(11)20/h6,8-9H,3-5,7H2,1-2H3,(H,18,21). The number of amides is 1. The Hall–Kier alpha value is -1.14. The Morgan fingerprint density at radius 1 is 1.57 bits per heavy atom. The van der Waals surface area contributed by atoms with Crippen molar-refractivity contribution in [1.82, 2.24) is 19.9 Å². The highest BCUT2D eigenvalue weighted by Crippen LogP contribution is 2.19. The molecule has 0 bridgehead atoms. The maximum atomic E-state index is 11.9. The highest BCUT2D eigenvalue weighted by Gasteiger charge is 2.13. The van der Waals surface area contributed by atoms with Gasteiger partial charge in [0.15, 0.2) is 5.65 Å². The molecule has 2 rings (SSSR count). The van der Waals surface area contributed by atoms with Crippen LogP contribution in [0.25, 0.3) is 11.2 Å². The van der Waals surface area contributed by atoms with Gasteiger partial charge in [-0.2, -0.15) is 0 Å². The van der Waals surface area contributed by atoms with E-state index < -0.39 is 0 Å². The summed E-state index contributed by atoms with van der Waals surface area (Å²) < 4.78 is 2.78. The van der Waals surface area contributed by atoms with Crippen molar-refractivity contribution in [3.63, 3.8) is 0 Å². The van der Waals surface area contributed by atoms with Crippen LogP contribution in [0.2, 0.25) is 0 Å². The number of hydrogen-bond acceptors (Lipinski definition) is 3. The molecule has 1 N–H and O–H groups in total. The molecule has 1 unspecified atom stereocenters. The number of aromatic nitrogens is 3. The number of pyridine rings is 1. The predicted octanol–water partition coefficient (Wildman–Crippen LogP) is 3.24. The second-order valence-electron chi connectivity index (χ2n) is 4.94. The number of carbonyl (C=O) groups excluding carboxylic acids is 1. The number of imidazole rings is 1. The van der Waals surface area contributed by atoms with E-state index in [4.69, 9.17) is 11.6 Å². The monoisotopic (exact) mass is 372 g/mol. The molecular weight excluding hydrogens is 356 g/mol. The third-order valence-corrected chi connectivity index (χ3v) is 4.01. The molecule has 0 aromatic carbocycles. The number of alkyl halides is 1. The number of halogens is 2. The predicted molar refractivity (Wildman–Crippen MR) is 87.3 cm³/mol. The number of rotatable bonds is 6. The fourth-order valence-corrected chi connectivity index (χ4v) is 2.56. The molecule has 1 amide bonds. The minimum absolute atomic E-state index is 0.0313. The van der Waals surface area contributed by atoms with Gasteiger partial charge in [-0.25, -0.2) is 9.97 Å². The lowest BCUT2D eigenvalue weighted by atomic mass is 10.2. The van der Waals surface area contributed by atoms with Crippen LogP contribution < -0.4 is 5.32 Å². The zero-order valence-corrected chi connectivity index (χ0v) is 14.4. The van der Waals surface area contributed by atoms with Crippen molar-refractivity contribution in [3.8, 4) is 0 Å². The second-order valence-corrected chi connectivity index (χ2v) is 6.12. The molecule has 21 heavy (non-hydrogen) atoms. The van der Waals surface area contributed by atoms with Gasteiger partial charge in [0.25, 0.3) is 0 Å². The van der Waals surface area contributed by atoms with Crippen LogP contribution >= 0.6 is 27.5 Å². The smallest absolute Gasteiger partial charge is 0.222 e. The number of fused-ring (bicyclic) bond motifs is 1. The Bertz CT molecular complexity index is 643. The van der Waals surface area contributed by atoms with E-state index in [0.29, 0.717) is 18.8 Å². The molecule has 0 aliphatic carbocycles. The number of nitrogens with zero attached hydrogens (tertiary/aromatic N) is 3. The van der Waals surface area contributed by atoms with E-state index in [1.54, 1.807) is 6.20 Å². The van der Waals surface area contributed by atoms with E-state index in [1.165, 1.54) is 0 Å². The van der Waals surface area contributed by atoms with Crippen LogP contribution in [0.4, 0.5) is 0 Å². The Kier molecular flexibility index (Phi) is 5.58. The molecule has 2 aromatic heterocycles. The molecule has 2 heterocycles. The Labute approximate surface area is 137 Å². The van der Waals surface area contributed by atoms with Gasteiger partial charge in [-0.15, -0.1) is 11.6 Å². The Morgan fingerprint density at radius 3 is 3.00 bits per heavy atom. The van der Waals surface area contributed by atoms with Crippen LogP contribution in [0.1, 0.15) is 32.5 Å². The average molecular weight is 374 g/mol. The lowest BCUT2D eigenvalue weighted by molar-refractivity contribution is -0.121. The van der Waals surface area contributed by atoms with E-state index in [1.807, 2.05) is 24.5 Å². The summed E-state index contributed by atoms with van der Waals surface area (Å²) in [6, 6.07) is 2.09. The number of carbonyl (C=O) groups is 1. The van der Waals surface area contributed by atoms with Gasteiger partial charge in [-0.1, -0.05) is 6.92 Å². The zero-order valence-electron chi connectivity index (χ0n) is 12.1. The topological polar surface area (TPSA) is 59.8 Å². The van der Waals surface area contributed by atoms with Gasteiger partial charge in [-0.05, 0) is 35.3 Å². The molecule has 7 heteroatoms. The molecule has 0 saturated heterocycles. The summed E-state index contributed by atoms with van der Waals surface area (Å²) >= 11 is 9.32. The fourth-order valence-electron chi connectivity index (χ4n) is 2.03. The first-order valence-electron chi connectivity index (χ1n) is 6.91. The van der Waals surface area contributed by atoms with E-state index >= 15 is 0 Å². The molecule has 0 aliphatic heterocycles. The summed E-state index contributed by atoms with van der Waals surface area (Å²) in [4.78, 5) is 20.7. The maximum Gasteiger partial charge on any atom is 0.222 e. The van der Waals surface area contributed by atoms with E-state index in [-0.39, 0.29) is 11.9 Å². The summed E-state index contributed by atoms with van der Waals surface area (Å²) in [6.45, 7) is 4.56. The first kappa shape index (κ1) is 16.2. The van der Waals surface area contributed by atoms with Crippen LogP contribution in [0.5, 0.6) is 0 Å². The van der Waals surface area contributed by atoms with Gasteiger partial charge in [0.2, 0.25) is 5.91 Å². The second kappa shape index (κ2) is 7.22. The molecule has 0 aliphatic rings. The van der Waals surface area contributed by atoms with E-state index in [0.717, 1.165) is 27.9 Å². The number of hydrogen-bond donors (Lipinski definition) is 1.